The lowest BCUT2D eigenvalue weighted by Crippen LogP contribution is -2.29. The number of rotatable bonds is 3. The summed E-state index contributed by atoms with van der Waals surface area (Å²) in [6.45, 7) is 0.767. The van der Waals surface area contributed by atoms with Crippen LogP contribution in [-0.4, -0.2) is 16.2 Å². The van der Waals surface area contributed by atoms with Gasteiger partial charge in [-0.05, 0) is 23.3 Å². The third-order valence-electron chi connectivity index (χ3n) is 3.23. The Balaban J connectivity index is 1.96. The van der Waals surface area contributed by atoms with Gasteiger partial charge in [-0.25, -0.2) is 10.4 Å². The minimum atomic E-state index is -0.0860. The van der Waals surface area contributed by atoms with Gasteiger partial charge in [0.1, 0.15) is 5.75 Å². The van der Waals surface area contributed by atoms with Crippen LogP contribution in [0.2, 0.25) is 0 Å². The average molecular weight is 244 g/mol. The van der Waals surface area contributed by atoms with E-state index in [2.05, 4.69) is 16.5 Å². The summed E-state index contributed by atoms with van der Waals surface area (Å²) < 4.78 is 7.42. The van der Waals surface area contributed by atoms with E-state index in [-0.39, 0.29) is 6.04 Å². The van der Waals surface area contributed by atoms with E-state index >= 15 is 0 Å². The first-order valence-electron chi connectivity index (χ1n) is 5.97. The van der Waals surface area contributed by atoms with Crippen molar-refractivity contribution in [2.45, 2.75) is 12.5 Å². The second-order valence-corrected chi connectivity index (χ2v) is 4.53. The Hall–Kier alpha value is -1.85. The Bertz CT molecular complexity index is 564. The number of hydrogen-bond donors (Lipinski definition) is 2. The zero-order valence-electron chi connectivity index (χ0n) is 10.3. The summed E-state index contributed by atoms with van der Waals surface area (Å²) in [5.41, 5.74) is 6.09. The number of nitrogens with zero attached hydrogens (tertiary/aromatic N) is 2. The SMILES string of the molecule is Cn1cnc(C(NN)c2ccc3c(c2)CCO3)c1. The van der Waals surface area contributed by atoms with Crippen molar-refractivity contribution in [2.75, 3.05) is 6.61 Å². The molecule has 0 fully saturated rings. The van der Waals surface area contributed by atoms with Crippen molar-refractivity contribution in [1.82, 2.24) is 15.0 Å². The van der Waals surface area contributed by atoms with E-state index in [4.69, 9.17) is 10.6 Å². The predicted molar refractivity (Wildman–Crippen MR) is 68.0 cm³/mol. The number of nitrogens with one attached hydrogen (secondary N) is 1. The molecular weight excluding hydrogens is 228 g/mol. The molecule has 0 bridgehead atoms. The number of fused-ring (bicyclic) bond motifs is 1. The zero-order valence-corrected chi connectivity index (χ0v) is 10.3. The van der Waals surface area contributed by atoms with Gasteiger partial charge in [0.25, 0.3) is 0 Å². The van der Waals surface area contributed by atoms with Gasteiger partial charge in [0, 0.05) is 19.7 Å². The lowest BCUT2D eigenvalue weighted by atomic mass is 10.0. The second kappa shape index (κ2) is 4.44. The van der Waals surface area contributed by atoms with Crippen LogP contribution in [0.15, 0.2) is 30.7 Å². The molecule has 1 unspecified atom stereocenters. The van der Waals surface area contributed by atoms with Crippen molar-refractivity contribution in [3.8, 4) is 5.75 Å². The van der Waals surface area contributed by atoms with Crippen molar-refractivity contribution in [2.24, 2.45) is 12.9 Å². The molecule has 5 nitrogen and oxygen atoms in total. The van der Waals surface area contributed by atoms with Crippen LogP contribution in [0.25, 0.3) is 0 Å². The molecule has 0 radical (unpaired) electrons. The molecule has 18 heavy (non-hydrogen) atoms. The quantitative estimate of drug-likeness (QED) is 0.622. The van der Waals surface area contributed by atoms with Crippen molar-refractivity contribution in [3.05, 3.63) is 47.5 Å². The first-order valence-corrected chi connectivity index (χ1v) is 5.97. The topological polar surface area (TPSA) is 65.1 Å². The van der Waals surface area contributed by atoms with Crippen LogP contribution in [0.5, 0.6) is 5.75 Å². The number of aryl methyl sites for hydroxylation is 1. The fourth-order valence-corrected chi connectivity index (χ4v) is 2.32. The average Bonchev–Trinajstić information content (AvgIpc) is 2.99. The van der Waals surface area contributed by atoms with Gasteiger partial charge in [-0.1, -0.05) is 6.07 Å². The Morgan fingerprint density at radius 2 is 2.39 bits per heavy atom. The van der Waals surface area contributed by atoms with Crippen LogP contribution in [0.4, 0.5) is 0 Å². The van der Waals surface area contributed by atoms with Gasteiger partial charge in [0.2, 0.25) is 0 Å². The van der Waals surface area contributed by atoms with E-state index in [0.29, 0.717) is 0 Å². The molecule has 0 saturated carbocycles. The molecule has 1 aliphatic heterocycles. The number of aromatic nitrogens is 2. The fraction of sp³-hybridized carbons (Fsp3) is 0.308. The van der Waals surface area contributed by atoms with Gasteiger partial charge in [-0.15, -0.1) is 0 Å². The standard InChI is InChI=1S/C13H16N4O/c1-17-7-11(15-8-17)13(16-14)10-2-3-12-9(6-10)4-5-18-12/h2-3,6-8,13,16H,4-5,14H2,1H3. The molecule has 1 aromatic heterocycles. The molecule has 94 valence electrons. The van der Waals surface area contributed by atoms with Crippen LogP contribution in [0.1, 0.15) is 22.9 Å². The molecule has 1 aromatic carbocycles. The molecule has 1 aliphatic rings. The highest BCUT2D eigenvalue weighted by atomic mass is 16.5. The van der Waals surface area contributed by atoms with Crippen LogP contribution in [-0.2, 0) is 13.5 Å². The van der Waals surface area contributed by atoms with Gasteiger partial charge < -0.3 is 9.30 Å². The minimum absolute atomic E-state index is 0.0860. The Morgan fingerprint density at radius 3 is 3.11 bits per heavy atom. The number of nitrogens with two attached hydrogens (primary N) is 1. The molecule has 0 amide bonds. The first-order chi connectivity index (χ1) is 8.78. The van der Waals surface area contributed by atoms with Crippen LogP contribution < -0.4 is 16.0 Å². The van der Waals surface area contributed by atoms with E-state index in [1.165, 1.54) is 5.56 Å². The summed E-state index contributed by atoms with van der Waals surface area (Å²) >= 11 is 0. The van der Waals surface area contributed by atoms with Crippen LogP contribution >= 0.6 is 0 Å². The normalized spacial score (nSPS) is 15.2. The maximum atomic E-state index is 5.66. The van der Waals surface area contributed by atoms with Crippen molar-refractivity contribution in [3.63, 3.8) is 0 Å². The van der Waals surface area contributed by atoms with E-state index < -0.39 is 0 Å². The maximum absolute atomic E-state index is 5.66. The predicted octanol–water partition coefficient (Wildman–Crippen LogP) is 0.908. The minimum Gasteiger partial charge on any atom is -0.493 e. The summed E-state index contributed by atoms with van der Waals surface area (Å²) in [7, 11) is 1.95. The summed E-state index contributed by atoms with van der Waals surface area (Å²) in [5, 5.41) is 0. The number of benzene rings is 1. The molecule has 0 spiro atoms. The summed E-state index contributed by atoms with van der Waals surface area (Å²) in [6, 6.07) is 6.09. The summed E-state index contributed by atoms with van der Waals surface area (Å²) in [4.78, 5) is 4.35. The van der Waals surface area contributed by atoms with E-state index in [9.17, 15) is 0 Å². The molecule has 3 rings (SSSR count). The fourth-order valence-electron chi connectivity index (χ4n) is 2.32. The Kier molecular flexibility index (Phi) is 2.77. The monoisotopic (exact) mass is 244 g/mol. The van der Waals surface area contributed by atoms with Gasteiger partial charge in [-0.3, -0.25) is 5.84 Å². The molecule has 3 N–H and O–H groups in total. The number of hydrogen-bond acceptors (Lipinski definition) is 4. The van der Waals surface area contributed by atoms with Gasteiger partial charge in [0.05, 0.1) is 24.7 Å². The molecule has 2 heterocycles. The second-order valence-electron chi connectivity index (χ2n) is 4.53. The number of imidazole rings is 1. The van der Waals surface area contributed by atoms with Gasteiger partial charge >= 0.3 is 0 Å². The Morgan fingerprint density at radius 1 is 1.50 bits per heavy atom. The van der Waals surface area contributed by atoms with E-state index in [1.54, 1.807) is 6.33 Å². The molecular formula is C13H16N4O. The third-order valence-corrected chi connectivity index (χ3v) is 3.23. The highest BCUT2D eigenvalue weighted by molar-refractivity contribution is 5.42. The van der Waals surface area contributed by atoms with Gasteiger partial charge in [-0.2, -0.15) is 0 Å². The highest BCUT2D eigenvalue weighted by Crippen LogP contribution is 2.29. The molecule has 5 heteroatoms. The van der Waals surface area contributed by atoms with E-state index in [0.717, 1.165) is 30.0 Å². The van der Waals surface area contributed by atoms with Crippen LogP contribution in [0, 0.1) is 0 Å². The highest BCUT2D eigenvalue weighted by Gasteiger charge is 2.18. The maximum Gasteiger partial charge on any atom is 0.122 e. The largest absolute Gasteiger partial charge is 0.493 e. The Labute approximate surface area is 106 Å². The lowest BCUT2D eigenvalue weighted by molar-refractivity contribution is 0.357. The first kappa shape index (κ1) is 11.3. The number of ether oxygens (including phenoxy) is 1. The molecule has 1 atom stereocenters. The number of hydrazine groups is 1. The third kappa shape index (κ3) is 1.87. The van der Waals surface area contributed by atoms with Gasteiger partial charge in [0.15, 0.2) is 0 Å². The van der Waals surface area contributed by atoms with Crippen molar-refractivity contribution in [1.29, 1.82) is 0 Å². The summed E-state index contributed by atoms with van der Waals surface area (Å²) in [5.74, 6) is 6.64. The van der Waals surface area contributed by atoms with Crippen molar-refractivity contribution >= 4 is 0 Å². The zero-order chi connectivity index (χ0) is 12.5. The summed E-state index contributed by atoms with van der Waals surface area (Å²) in [6.07, 6.45) is 4.70. The van der Waals surface area contributed by atoms with E-state index in [1.807, 2.05) is 29.9 Å². The van der Waals surface area contributed by atoms with Crippen molar-refractivity contribution < 1.29 is 4.74 Å². The lowest BCUT2D eigenvalue weighted by Gasteiger charge is -2.14. The molecule has 2 aromatic rings. The molecule has 0 saturated heterocycles. The molecule has 0 aliphatic carbocycles. The smallest absolute Gasteiger partial charge is 0.122 e. The van der Waals surface area contributed by atoms with Crippen LogP contribution in [0.3, 0.4) is 0 Å².